The molecule has 1 aromatic carbocycles. The molecule has 0 saturated carbocycles. The highest BCUT2D eigenvalue weighted by molar-refractivity contribution is 7.13. The summed E-state index contributed by atoms with van der Waals surface area (Å²) in [7, 11) is 0. The first kappa shape index (κ1) is 16.4. The predicted octanol–water partition coefficient (Wildman–Crippen LogP) is 2.38. The first-order chi connectivity index (χ1) is 11.6. The number of carbonyl (C=O) groups excluding carboxylic acids is 2. The molecule has 0 bridgehead atoms. The van der Waals surface area contributed by atoms with E-state index < -0.39 is 12.1 Å². The molecule has 3 amide bonds. The van der Waals surface area contributed by atoms with Gasteiger partial charge < -0.3 is 10.6 Å². The standard InChI is InChI=1S/C17H20N4O2S/c1-11-7-8-18-15(22)14(11)20-16(23)21-17-19-13(10-24-17)9-12-5-3-2-4-6-12/h2-6,10-11,14H,7-9H2,1H3,(H,18,22)(H2,19,20,21,23)/t11-,14-/m0/s1. The molecular formula is C17H20N4O2S. The predicted molar refractivity (Wildman–Crippen MR) is 94.1 cm³/mol. The van der Waals surface area contributed by atoms with Crippen LogP contribution in [0.4, 0.5) is 9.93 Å². The van der Waals surface area contributed by atoms with E-state index in [9.17, 15) is 9.59 Å². The molecule has 24 heavy (non-hydrogen) atoms. The topological polar surface area (TPSA) is 83.1 Å². The van der Waals surface area contributed by atoms with Crippen LogP contribution >= 0.6 is 11.3 Å². The van der Waals surface area contributed by atoms with Gasteiger partial charge in [-0.3, -0.25) is 10.1 Å². The summed E-state index contributed by atoms with van der Waals surface area (Å²) in [4.78, 5) is 28.4. The summed E-state index contributed by atoms with van der Waals surface area (Å²) in [5, 5.41) is 10.7. The monoisotopic (exact) mass is 344 g/mol. The van der Waals surface area contributed by atoms with Gasteiger partial charge in [0.25, 0.3) is 0 Å². The Labute approximate surface area is 144 Å². The number of nitrogens with zero attached hydrogens (tertiary/aromatic N) is 1. The van der Waals surface area contributed by atoms with Crippen LogP contribution in [0, 0.1) is 5.92 Å². The van der Waals surface area contributed by atoms with Crippen molar-refractivity contribution in [2.45, 2.75) is 25.8 Å². The van der Waals surface area contributed by atoms with E-state index in [0.717, 1.165) is 18.5 Å². The number of anilines is 1. The van der Waals surface area contributed by atoms with Crippen molar-refractivity contribution in [1.29, 1.82) is 0 Å². The number of amides is 3. The first-order valence-corrected chi connectivity index (χ1v) is 8.83. The number of aromatic nitrogens is 1. The summed E-state index contributed by atoms with van der Waals surface area (Å²) in [6, 6.07) is 9.15. The quantitative estimate of drug-likeness (QED) is 0.796. The Balaban J connectivity index is 1.56. The zero-order chi connectivity index (χ0) is 16.9. The summed E-state index contributed by atoms with van der Waals surface area (Å²) in [5.74, 6) is -0.0118. The molecule has 0 unspecified atom stereocenters. The Kier molecular flexibility index (Phi) is 5.10. The van der Waals surface area contributed by atoms with Gasteiger partial charge in [0.15, 0.2) is 5.13 Å². The van der Waals surface area contributed by atoms with Gasteiger partial charge in [-0.15, -0.1) is 11.3 Å². The third-order valence-electron chi connectivity index (χ3n) is 4.04. The molecule has 1 saturated heterocycles. The molecule has 0 radical (unpaired) electrons. The Morgan fingerprint density at radius 1 is 1.38 bits per heavy atom. The zero-order valence-electron chi connectivity index (χ0n) is 13.4. The van der Waals surface area contributed by atoms with Gasteiger partial charge in [0.05, 0.1) is 5.69 Å². The molecule has 1 fully saturated rings. The first-order valence-electron chi connectivity index (χ1n) is 7.95. The van der Waals surface area contributed by atoms with Crippen molar-refractivity contribution in [2.75, 3.05) is 11.9 Å². The average molecular weight is 344 g/mol. The number of hydrogen-bond donors (Lipinski definition) is 3. The largest absolute Gasteiger partial charge is 0.354 e. The molecule has 1 aliphatic rings. The van der Waals surface area contributed by atoms with E-state index >= 15 is 0 Å². The van der Waals surface area contributed by atoms with Gasteiger partial charge in [-0.1, -0.05) is 37.3 Å². The lowest BCUT2D eigenvalue weighted by Crippen LogP contribution is -2.55. The van der Waals surface area contributed by atoms with Gasteiger partial charge in [0, 0.05) is 18.3 Å². The summed E-state index contributed by atoms with van der Waals surface area (Å²) >= 11 is 1.38. The van der Waals surface area contributed by atoms with Crippen LogP contribution in [0.3, 0.4) is 0 Å². The Morgan fingerprint density at radius 3 is 2.92 bits per heavy atom. The zero-order valence-corrected chi connectivity index (χ0v) is 14.2. The summed E-state index contributed by atoms with van der Waals surface area (Å²) in [6.07, 6.45) is 1.58. The number of hydrogen-bond acceptors (Lipinski definition) is 4. The van der Waals surface area contributed by atoms with Crippen molar-refractivity contribution in [2.24, 2.45) is 5.92 Å². The summed E-state index contributed by atoms with van der Waals surface area (Å²) in [6.45, 7) is 2.63. The second kappa shape index (κ2) is 7.44. The van der Waals surface area contributed by atoms with E-state index in [1.165, 1.54) is 16.9 Å². The van der Waals surface area contributed by atoms with E-state index in [0.29, 0.717) is 11.7 Å². The second-order valence-corrected chi connectivity index (χ2v) is 6.80. The van der Waals surface area contributed by atoms with Crippen LogP contribution in [0.15, 0.2) is 35.7 Å². The van der Waals surface area contributed by atoms with E-state index in [1.54, 1.807) is 0 Å². The Morgan fingerprint density at radius 2 is 2.17 bits per heavy atom. The number of urea groups is 1. The van der Waals surface area contributed by atoms with E-state index in [2.05, 4.69) is 20.9 Å². The van der Waals surface area contributed by atoms with Crippen molar-refractivity contribution in [3.63, 3.8) is 0 Å². The van der Waals surface area contributed by atoms with Crippen molar-refractivity contribution in [3.05, 3.63) is 47.0 Å². The number of piperidine rings is 1. The molecule has 0 spiro atoms. The maximum Gasteiger partial charge on any atom is 0.321 e. The summed E-state index contributed by atoms with van der Waals surface area (Å²) in [5.41, 5.74) is 2.08. The smallest absolute Gasteiger partial charge is 0.321 e. The molecule has 6 nitrogen and oxygen atoms in total. The highest BCUT2D eigenvalue weighted by Gasteiger charge is 2.30. The van der Waals surface area contributed by atoms with Crippen molar-refractivity contribution in [3.8, 4) is 0 Å². The van der Waals surface area contributed by atoms with Crippen molar-refractivity contribution >= 4 is 28.4 Å². The molecule has 3 rings (SSSR count). The fourth-order valence-electron chi connectivity index (χ4n) is 2.69. The van der Waals surface area contributed by atoms with Crippen LogP contribution < -0.4 is 16.0 Å². The van der Waals surface area contributed by atoms with Gasteiger partial charge in [-0.2, -0.15) is 0 Å². The maximum absolute atomic E-state index is 12.1. The molecule has 0 aliphatic carbocycles. The van der Waals surface area contributed by atoms with Gasteiger partial charge in [-0.25, -0.2) is 9.78 Å². The fourth-order valence-corrected chi connectivity index (χ4v) is 3.40. The SMILES string of the molecule is C[C@H]1CCNC(=O)[C@H]1NC(=O)Nc1nc(Cc2ccccc2)cs1. The van der Waals surface area contributed by atoms with Crippen LogP contribution in [-0.2, 0) is 11.2 Å². The number of rotatable bonds is 4. The Bertz CT molecular complexity index is 716. The number of nitrogens with one attached hydrogen (secondary N) is 3. The van der Waals surface area contributed by atoms with Crippen LogP contribution in [-0.4, -0.2) is 29.5 Å². The molecule has 126 valence electrons. The minimum atomic E-state index is -0.498. The van der Waals surface area contributed by atoms with Gasteiger partial charge in [-0.05, 0) is 17.9 Å². The van der Waals surface area contributed by atoms with Crippen LogP contribution in [0.2, 0.25) is 0 Å². The average Bonchev–Trinajstić information content (AvgIpc) is 2.99. The lowest BCUT2D eigenvalue weighted by molar-refractivity contribution is -0.125. The lowest BCUT2D eigenvalue weighted by Gasteiger charge is -2.28. The van der Waals surface area contributed by atoms with Crippen LogP contribution in [0.1, 0.15) is 24.6 Å². The summed E-state index contributed by atoms with van der Waals surface area (Å²) < 4.78 is 0. The van der Waals surface area contributed by atoms with E-state index in [-0.39, 0.29) is 11.8 Å². The van der Waals surface area contributed by atoms with Crippen molar-refractivity contribution in [1.82, 2.24) is 15.6 Å². The van der Waals surface area contributed by atoms with E-state index in [4.69, 9.17) is 0 Å². The highest BCUT2D eigenvalue weighted by Crippen LogP contribution is 2.18. The maximum atomic E-state index is 12.1. The Hall–Kier alpha value is -2.41. The number of carbonyl (C=O) groups is 2. The fraction of sp³-hybridized carbons (Fsp3) is 0.353. The molecule has 1 aromatic heterocycles. The van der Waals surface area contributed by atoms with Gasteiger partial charge in [0.1, 0.15) is 6.04 Å². The van der Waals surface area contributed by atoms with Crippen molar-refractivity contribution < 1.29 is 9.59 Å². The normalized spacial score (nSPS) is 20.3. The number of benzene rings is 1. The third kappa shape index (κ3) is 4.11. The number of thiazole rings is 1. The minimum Gasteiger partial charge on any atom is -0.354 e. The minimum absolute atomic E-state index is 0.120. The van der Waals surface area contributed by atoms with Gasteiger partial charge in [0.2, 0.25) is 5.91 Å². The molecular weight excluding hydrogens is 324 g/mol. The second-order valence-electron chi connectivity index (χ2n) is 5.94. The molecule has 3 N–H and O–H groups in total. The van der Waals surface area contributed by atoms with E-state index in [1.807, 2.05) is 42.6 Å². The lowest BCUT2D eigenvalue weighted by atomic mass is 9.94. The van der Waals surface area contributed by atoms with Crippen LogP contribution in [0.25, 0.3) is 0 Å². The molecule has 2 heterocycles. The highest BCUT2D eigenvalue weighted by atomic mass is 32.1. The molecule has 2 atom stereocenters. The van der Waals surface area contributed by atoms with Gasteiger partial charge >= 0.3 is 6.03 Å². The molecule has 7 heteroatoms. The molecule has 2 aromatic rings. The van der Waals surface area contributed by atoms with Crippen LogP contribution in [0.5, 0.6) is 0 Å². The third-order valence-corrected chi connectivity index (χ3v) is 4.84. The molecule has 1 aliphatic heterocycles.